The van der Waals surface area contributed by atoms with Crippen molar-refractivity contribution in [2.45, 2.75) is 30.8 Å². The molecule has 0 bridgehead atoms. The third-order valence-corrected chi connectivity index (χ3v) is 3.46. The first-order valence-electron chi connectivity index (χ1n) is 5.72. The fraction of sp³-hybridized carbons (Fsp3) is 0.462. The molecule has 3 nitrogen and oxygen atoms in total. The first kappa shape index (κ1) is 14.1. The minimum atomic E-state index is -0.384. The van der Waals surface area contributed by atoms with Gasteiger partial charge in [-0.25, -0.2) is 0 Å². The molecule has 0 saturated carbocycles. The quantitative estimate of drug-likeness (QED) is 0.816. The zero-order valence-corrected chi connectivity index (χ0v) is 11.5. The molecule has 1 aromatic rings. The minimum absolute atomic E-state index is 0.00134. The number of thioether (sulfide) groups is 1. The van der Waals surface area contributed by atoms with Crippen LogP contribution in [-0.2, 0) is 11.3 Å². The molecule has 0 aromatic heterocycles. The summed E-state index contributed by atoms with van der Waals surface area (Å²) in [6, 6.07) is 7.85. The van der Waals surface area contributed by atoms with Gasteiger partial charge in [-0.3, -0.25) is 4.79 Å². The lowest BCUT2D eigenvalue weighted by atomic mass is 10.2. The Morgan fingerprint density at radius 1 is 1.41 bits per heavy atom. The maximum absolute atomic E-state index is 11.8. The molecule has 0 heterocycles. The second-order valence-electron chi connectivity index (χ2n) is 4.06. The Balaban J connectivity index is 2.61. The summed E-state index contributed by atoms with van der Waals surface area (Å²) in [5.74, 6) is 0.00134. The molecule has 2 N–H and O–H groups in total. The largest absolute Gasteiger partial charge is 0.340 e. The summed E-state index contributed by atoms with van der Waals surface area (Å²) >= 11 is 1.71. The molecule has 0 radical (unpaired) electrons. The van der Waals surface area contributed by atoms with Crippen LogP contribution in [0.5, 0.6) is 0 Å². The van der Waals surface area contributed by atoms with Crippen molar-refractivity contribution in [3.05, 3.63) is 29.8 Å². The van der Waals surface area contributed by atoms with E-state index in [1.165, 1.54) is 4.90 Å². The molecule has 0 saturated heterocycles. The van der Waals surface area contributed by atoms with Gasteiger partial charge < -0.3 is 10.6 Å². The van der Waals surface area contributed by atoms with E-state index in [4.69, 9.17) is 5.73 Å². The third-order valence-electron chi connectivity index (χ3n) is 2.71. The Labute approximate surface area is 107 Å². The summed E-state index contributed by atoms with van der Waals surface area (Å²) in [5, 5.41) is 0. The Bertz CT molecular complexity index is 364. The van der Waals surface area contributed by atoms with Gasteiger partial charge in [-0.05, 0) is 30.4 Å². The van der Waals surface area contributed by atoms with E-state index in [1.54, 1.807) is 23.7 Å². The summed E-state index contributed by atoms with van der Waals surface area (Å²) in [7, 11) is 1.79. The number of nitrogens with zero attached hydrogens (tertiary/aromatic N) is 1. The predicted octanol–water partition coefficient (Wildman–Crippen LogP) is 2.10. The van der Waals surface area contributed by atoms with Crippen molar-refractivity contribution in [2.75, 3.05) is 13.3 Å². The van der Waals surface area contributed by atoms with Crippen LogP contribution in [0.3, 0.4) is 0 Å². The van der Waals surface area contributed by atoms with Gasteiger partial charge in [0.2, 0.25) is 5.91 Å². The molecule has 0 aliphatic carbocycles. The standard InChI is InChI=1S/C13H20N2OS/c1-4-12(14)13(16)15(2)9-10-5-7-11(17-3)8-6-10/h5-8,12H,4,9,14H2,1-3H3/t12-/m0/s1. The SMILES string of the molecule is CC[C@H](N)C(=O)N(C)Cc1ccc(SC)cc1. The molecule has 1 aromatic carbocycles. The molecule has 1 rings (SSSR count). The normalized spacial score (nSPS) is 12.2. The van der Waals surface area contributed by atoms with Gasteiger partial charge >= 0.3 is 0 Å². The summed E-state index contributed by atoms with van der Waals surface area (Å²) < 4.78 is 0. The number of rotatable bonds is 5. The van der Waals surface area contributed by atoms with Crippen LogP contribution in [-0.4, -0.2) is 30.2 Å². The molecular formula is C13H20N2OS. The van der Waals surface area contributed by atoms with E-state index in [9.17, 15) is 4.79 Å². The predicted molar refractivity (Wildman–Crippen MR) is 73.0 cm³/mol. The molecule has 17 heavy (non-hydrogen) atoms. The van der Waals surface area contributed by atoms with E-state index < -0.39 is 0 Å². The minimum Gasteiger partial charge on any atom is -0.340 e. The monoisotopic (exact) mass is 252 g/mol. The summed E-state index contributed by atoms with van der Waals surface area (Å²) in [6.45, 7) is 2.53. The molecule has 0 spiro atoms. The lowest BCUT2D eigenvalue weighted by Crippen LogP contribution is -2.40. The average Bonchev–Trinajstić information content (AvgIpc) is 2.37. The van der Waals surface area contributed by atoms with E-state index >= 15 is 0 Å². The second kappa shape index (κ2) is 6.67. The smallest absolute Gasteiger partial charge is 0.239 e. The first-order chi connectivity index (χ1) is 8.08. The van der Waals surface area contributed by atoms with E-state index in [-0.39, 0.29) is 11.9 Å². The zero-order chi connectivity index (χ0) is 12.8. The highest BCUT2D eigenvalue weighted by Gasteiger charge is 2.15. The van der Waals surface area contributed by atoms with Gasteiger partial charge in [0.25, 0.3) is 0 Å². The first-order valence-corrected chi connectivity index (χ1v) is 6.94. The van der Waals surface area contributed by atoms with Crippen molar-refractivity contribution in [1.29, 1.82) is 0 Å². The highest BCUT2D eigenvalue weighted by Crippen LogP contribution is 2.15. The summed E-state index contributed by atoms with van der Waals surface area (Å²) in [5.41, 5.74) is 6.85. The highest BCUT2D eigenvalue weighted by molar-refractivity contribution is 7.98. The molecular weight excluding hydrogens is 232 g/mol. The lowest BCUT2D eigenvalue weighted by Gasteiger charge is -2.20. The number of amides is 1. The van der Waals surface area contributed by atoms with Crippen LogP contribution in [0.4, 0.5) is 0 Å². The van der Waals surface area contributed by atoms with E-state index in [1.807, 2.05) is 25.3 Å². The summed E-state index contributed by atoms with van der Waals surface area (Å²) in [6.07, 6.45) is 2.72. The van der Waals surface area contributed by atoms with Crippen molar-refractivity contribution in [2.24, 2.45) is 5.73 Å². The van der Waals surface area contributed by atoms with Crippen molar-refractivity contribution in [3.63, 3.8) is 0 Å². The Morgan fingerprint density at radius 2 is 2.00 bits per heavy atom. The number of nitrogens with two attached hydrogens (primary N) is 1. The van der Waals surface area contributed by atoms with Gasteiger partial charge in [0.05, 0.1) is 6.04 Å². The van der Waals surface area contributed by atoms with Crippen LogP contribution < -0.4 is 5.73 Å². The highest BCUT2D eigenvalue weighted by atomic mass is 32.2. The van der Waals surface area contributed by atoms with E-state index in [0.29, 0.717) is 13.0 Å². The number of hydrogen-bond donors (Lipinski definition) is 1. The fourth-order valence-corrected chi connectivity index (χ4v) is 1.95. The Kier molecular flexibility index (Phi) is 5.51. The topological polar surface area (TPSA) is 46.3 Å². The van der Waals surface area contributed by atoms with Crippen LogP contribution in [0.15, 0.2) is 29.2 Å². The maximum atomic E-state index is 11.8. The Hall–Kier alpha value is -1.00. The lowest BCUT2D eigenvalue weighted by molar-refractivity contribution is -0.131. The molecule has 1 atom stereocenters. The molecule has 0 unspecified atom stereocenters. The van der Waals surface area contributed by atoms with Gasteiger partial charge in [0, 0.05) is 18.5 Å². The van der Waals surface area contributed by atoms with Gasteiger partial charge in [-0.1, -0.05) is 19.1 Å². The third kappa shape index (κ3) is 4.06. The van der Waals surface area contributed by atoms with Crippen molar-refractivity contribution in [3.8, 4) is 0 Å². The number of likely N-dealkylation sites (N-methyl/N-ethyl adjacent to an activating group) is 1. The van der Waals surface area contributed by atoms with Crippen LogP contribution >= 0.6 is 11.8 Å². The molecule has 1 amide bonds. The van der Waals surface area contributed by atoms with Gasteiger partial charge in [0.1, 0.15) is 0 Å². The average molecular weight is 252 g/mol. The van der Waals surface area contributed by atoms with Crippen molar-refractivity contribution >= 4 is 17.7 Å². The Morgan fingerprint density at radius 3 is 2.47 bits per heavy atom. The zero-order valence-electron chi connectivity index (χ0n) is 10.6. The van der Waals surface area contributed by atoms with Crippen molar-refractivity contribution < 1.29 is 4.79 Å². The molecule has 0 fully saturated rings. The number of hydrogen-bond acceptors (Lipinski definition) is 3. The molecule has 0 aliphatic heterocycles. The molecule has 0 aliphatic rings. The van der Waals surface area contributed by atoms with Crippen LogP contribution in [0, 0.1) is 0 Å². The molecule has 4 heteroatoms. The number of carbonyl (C=O) groups excluding carboxylic acids is 1. The van der Waals surface area contributed by atoms with E-state index in [2.05, 4.69) is 12.1 Å². The molecule has 94 valence electrons. The van der Waals surface area contributed by atoms with Crippen LogP contribution in [0.1, 0.15) is 18.9 Å². The van der Waals surface area contributed by atoms with Crippen LogP contribution in [0.2, 0.25) is 0 Å². The van der Waals surface area contributed by atoms with Crippen molar-refractivity contribution in [1.82, 2.24) is 4.90 Å². The van der Waals surface area contributed by atoms with E-state index in [0.717, 1.165) is 5.56 Å². The van der Waals surface area contributed by atoms with Gasteiger partial charge in [0.15, 0.2) is 0 Å². The summed E-state index contributed by atoms with van der Waals surface area (Å²) in [4.78, 5) is 14.7. The van der Waals surface area contributed by atoms with Crippen LogP contribution in [0.25, 0.3) is 0 Å². The fourth-order valence-electron chi connectivity index (χ4n) is 1.54. The van der Waals surface area contributed by atoms with Gasteiger partial charge in [-0.2, -0.15) is 0 Å². The maximum Gasteiger partial charge on any atom is 0.239 e. The van der Waals surface area contributed by atoms with Gasteiger partial charge in [-0.15, -0.1) is 11.8 Å². The second-order valence-corrected chi connectivity index (χ2v) is 4.94. The number of benzene rings is 1. The number of carbonyl (C=O) groups is 1.